The minimum Gasteiger partial charge on any atom is -0.378 e. The number of benzene rings is 2. The summed E-state index contributed by atoms with van der Waals surface area (Å²) >= 11 is 0. The third-order valence-electron chi connectivity index (χ3n) is 3.46. The van der Waals surface area contributed by atoms with Gasteiger partial charge in [0.05, 0.1) is 4.92 Å². The largest absolute Gasteiger partial charge is 0.378 e. The van der Waals surface area contributed by atoms with E-state index in [0.717, 1.165) is 5.69 Å². The number of non-ortho nitro benzene ring substituents is 1. The van der Waals surface area contributed by atoms with E-state index in [-0.39, 0.29) is 5.69 Å². The molecule has 8 heteroatoms. The van der Waals surface area contributed by atoms with Crippen molar-refractivity contribution in [1.29, 1.82) is 0 Å². The van der Waals surface area contributed by atoms with Crippen LogP contribution in [0.3, 0.4) is 0 Å². The van der Waals surface area contributed by atoms with E-state index in [9.17, 15) is 19.7 Å². The lowest BCUT2D eigenvalue weighted by atomic mass is 10.2. The second-order valence-corrected chi connectivity index (χ2v) is 5.57. The van der Waals surface area contributed by atoms with E-state index < -0.39 is 16.7 Å². The van der Waals surface area contributed by atoms with Gasteiger partial charge in [0.15, 0.2) is 0 Å². The number of nitrogens with one attached hydrogen (secondary N) is 2. The summed E-state index contributed by atoms with van der Waals surface area (Å²) in [4.78, 5) is 35.8. The summed E-state index contributed by atoms with van der Waals surface area (Å²) in [6, 6.07) is 12.7. The molecule has 26 heavy (non-hydrogen) atoms. The number of nitro benzene ring substituents is 1. The average Bonchev–Trinajstić information content (AvgIpc) is 2.64. The fourth-order valence-electron chi connectivity index (χ4n) is 2.04. The highest BCUT2D eigenvalue weighted by Crippen LogP contribution is 2.13. The zero-order valence-corrected chi connectivity index (χ0v) is 14.3. The highest BCUT2D eigenvalue weighted by molar-refractivity contribution is 5.98. The van der Waals surface area contributed by atoms with Crippen molar-refractivity contribution in [2.45, 2.75) is 0 Å². The van der Waals surface area contributed by atoms with Crippen molar-refractivity contribution in [3.05, 3.63) is 75.8 Å². The zero-order valence-electron chi connectivity index (χ0n) is 14.3. The van der Waals surface area contributed by atoms with E-state index in [1.54, 1.807) is 18.2 Å². The highest BCUT2D eigenvalue weighted by Gasteiger charge is 2.07. The topological polar surface area (TPSA) is 105 Å². The van der Waals surface area contributed by atoms with Crippen molar-refractivity contribution in [3.63, 3.8) is 0 Å². The number of rotatable bonds is 5. The van der Waals surface area contributed by atoms with Crippen LogP contribution in [0.5, 0.6) is 0 Å². The minimum absolute atomic E-state index is 0.0289. The van der Waals surface area contributed by atoms with Gasteiger partial charge in [0.1, 0.15) is 0 Å². The molecule has 0 heterocycles. The van der Waals surface area contributed by atoms with Crippen LogP contribution < -0.4 is 15.8 Å². The van der Waals surface area contributed by atoms with E-state index in [4.69, 9.17) is 0 Å². The predicted molar refractivity (Wildman–Crippen MR) is 98.5 cm³/mol. The number of anilines is 1. The molecule has 0 unspecified atom stereocenters. The number of carbonyl (C=O) groups is 2. The third-order valence-corrected chi connectivity index (χ3v) is 3.46. The van der Waals surface area contributed by atoms with Crippen LogP contribution in [0.2, 0.25) is 0 Å². The smallest absolute Gasteiger partial charge is 0.269 e. The van der Waals surface area contributed by atoms with Crippen LogP contribution >= 0.6 is 0 Å². The summed E-state index contributed by atoms with van der Waals surface area (Å²) in [6.07, 6.45) is 2.70. The van der Waals surface area contributed by atoms with Crippen molar-refractivity contribution in [1.82, 2.24) is 10.9 Å². The Morgan fingerprint density at radius 3 is 2.38 bits per heavy atom. The van der Waals surface area contributed by atoms with Gasteiger partial charge in [-0.15, -0.1) is 0 Å². The Morgan fingerprint density at radius 1 is 1.08 bits per heavy atom. The average molecular weight is 354 g/mol. The molecule has 2 rings (SSSR count). The Balaban J connectivity index is 1.90. The number of nitrogens with zero attached hydrogens (tertiary/aromatic N) is 2. The molecule has 2 aromatic rings. The molecule has 2 amide bonds. The molecule has 0 atom stereocenters. The van der Waals surface area contributed by atoms with Gasteiger partial charge in [0.2, 0.25) is 0 Å². The molecule has 2 aromatic carbocycles. The maximum atomic E-state index is 12.1. The summed E-state index contributed by atoms with van der Waals surface area (Å²) in [7, 11) is 3.73. The molecule has 8 nitrogen and oxygen atoms in total. The summed E-state index contributed by atoms with van der Waals surface area (Å²) in [5, 5.41) is 10.6. The molecular formula is C18H18N4O4. The Bertz CT molecular complexity index is 845. The van der Waals surface area contributed by atoms with Crippen molar-refractivity contribution < 1.29 is 14.5 Å². The summed E-state index contributed by atoms with van der Waals surface area (Å²) in [5.41, 5.74) is 6.48. The maximum absolute atomic E-state index is 12.1. The van der Waals surface area contributed by atoms with Gasteiger partial charge >= 0.3 is 0 Å². The molecular weight excluding hydrogens is 336 g/mol. The van der Waals surface area contributed by atoms with Gasteiger partial charge in [0.25, 0.3) is 17.5 Å². The number of amides is 2. The van der Waals surface area contributed by atoms with Crippen molar-refractivity contribution in [2.75, 3.05) is 19.0 Å². The van der Waals surface area contributed by atoms with Gasteiger partial charge in [-0.25, -0.2) is 0 Å². The first kappa shape index (κ1) is 18.7. The SMILES string of the molecule is CN(C)c1cccc(C(=O)NNC(=O)/C=C/c2ccc([N+](=O)[O-])cc2)c1. The van der Waals surface area contributed by atoms with Gasteiger partial charge < -0.3 is 4.90 Å². The van der Waals surface area contributed by atoms with Crippen LogP contribution in [-0.2, 0) is 4.79 Å². The second-order valence-electron chi connectivity index (χ2n) is 5.57. The minimum atomic E-state index is -0.527. The first-order chi connectivity index (χ1) is 12.4. The lowest BCUT2D eigenvalue weighted by Gasteiger charge is -2.13. The molecule has 0 fully saturated rings. The first-order valence-corrected chi connectivity index (χ1v) is 7.67. The molecule has 0 bridgehead atoms. The van der Waals surface area contributed by atoms with Crippen LogP contribution in [0.4, 0.5) is 11.4 Å². The Morgan fingerprint density at radius 2 is 1.77 bits per heavy atom. The standard InChI is InChI=1S/C18H18N4O4/c1-21(2)16-5-3-4-14(12-16)18(24)20-19-17(23)11-8-13-6-9-15(10-7-13)22(25)26/h3-12H,1-2H3,(H,19,23)(H,20,24)/b11-8+. The highest BCUT2D eigenvalue weighted by atomic mass is 16.6. The first-order valence-electron chi connectivity index (χ1n) is 7.67. The van der Waals surface area contributed by atoms with E-state index in [2.05, 4.69) is 10.9 Å². The number of hydrogen-bond acceptors (Lipinski definition) is 5. The van der Waals surface area contributed by atoms with E-state index in [1.807, 2.05) is 25.1 Å². The van der Waals surface area contributed by atoms with Crippen LogP contribution in [0.1, 0.15) is 15.9 Å². The Hall–Kier alpha value is -3.68. The zero-order chi connectivity index (χ0) is 19.1. The van der Waals surface area contributed by atoms with E-state index in [0.29, 0.717) is 11.1 Å². The molecule has 0 aliphatic heterocycles. The number of hydrogen-bond donors (Lipinski definition) is 2. The number of hydrazine groups is 1. The molecule has 0 aliphatic rings. The quantitative estimate of drug-likeness (QED) is 0.486. The normalized spacial score (nSPS) is 10.4. The molecule has 134 valence electrons. The monoisotopic (exact) mass is 354 g/mol. The van der Waals surface area contributed by atoms with Crippen LogP contribution in [0.25, 0.3) is 6.08 Å². The van der Waals surface area contributed by atoms with Crippen molar-refractivity contribution in [3.8, 4) is 0 Å². The number of carbonyl (C=O) groups excluding carboxylic acids is 2. The van der Waals surface area contributed by atoms with Crippen LogP contribution in [0, 0.1) is 10.1 Å². The Kier molecular flexibility index (Phi) is 6.05. The maximum Gasteiger partial charge on any atom is 0.269 e. The third kappa shape index (κ3) is 5.17. The van der Waals surface area contributed by atoms with Gasteiger partial charge in [-0.3, -0.25) is 30.6 Å². The number of nitro groups is 1. The molecule has 0 aliphatic carbocycles. The predicted octanol–water partition coefficient (Wildman–Crippen LogP) is 2.14. The molecule has 0 radical (unpaired) electrons. The lowest BCUT2D eigenvalue weighted by molar-refractivity contribution is -0.384. The molecule has 2 N–H and O–H groups in total. The fraction of sp³-hybridized carbons (Fsp3) is 0.111. The van der Waals surface area contributed by atoms with Gasteiger partial charge in [-0.1, -0.05) is 6.07 Å². The fourth-order valence-corrected chi connectivity index (χ4v) is 2.04. The van der Waals surface area contributed by atoms with Crippen LogP contribution in [-0.4, -0.2) is 30.8 Å². The lowest BCUT2D eigenvalue weighted by Crippen LogP contribution is -2.40. The van der Waals surface area contributed by atoms with Gasteiger partial charge in [0, 0.05) is 43.6 Å². The summed E-state index contributed by atoms with van der Waals surface area (Å²) in [5.74, 6) is -0.966. The molecule has 0 saturated carbocycles. The second kappa shape index (κ2) is 8.43. The summed E-state index contributed by atoms with van der Waals surface area (Å²) < 4.78 is 0. The van der Waals surface area contributed by atoms with Gasteiger partial charge in [-0.2, -0.15) is 0 Å². The van der Waals surface area contributed by atoms with Crippen molar-refractivity contribution in [2.24, 2.45) is 0 Å². The van der Waals surface area contributed by atoms with Crippen LogP contribution in [0.15, 0.2) is 54.6 Å². The molecule has 0 saturated heterocycles. The van der Waals surface area contributed by atoms with E-state index >= 15 is 0 Å². The molecule has 0 aromatic heterocycles. The van der Waals surface area contributed by atoms with Gasteiger partial charge in [-0.05, 0) is 42.0 Å². The van der Waals surface area contributed by atoms with Crippen molar-refractivity contribution >= 4 is 29.3 Å². The molecule has 0 spiro atoms. The summed E-state index contributed by atoms with van der Waals surface area (Å²) in [6.45, 7) is 0. The Labute approximate surface area is 150 Å². The van der Waals surface area contributed by atoms with E-state index in [1.165, 1.54) is 36.4 Å².